The Morgan fingerprint density at radius 1 is 1.00 bits per heavy atom. The van der Waals surface area contributed by atoms with Gasteiger partial charge in [-0.1, -0.05) is 18.2 Å². The van der Waals surface area contributed by atoms with Gasteiger partial charge in [-0.3, -0.25) is 14.2 Å². The lowest BCUT2D eigenvalue weighted by atomic mass is 10.00. The zero-order valence-corrected chi connectivity index (χ0v) is 15.1. The van der Waals surface area contributed by atoms with Crippen LogP contribution in [-0.4, -0.2) is 55.4 Å². The van der Waals surface area contributed by atoms with Crippen molar-refractivity contribution in [1.29, 1.82) is 0 Å². The fourth-order valence-corrected chi connectivity index (χ4v) is 6.92. The molecule has 7 heteroatoms. The first-order valence-corrected chi connectivity index (χ1v) is 10.5. The minimum Gasteiger partial charge on any atom is -0.370 e. The van der Waals surface area contributed by atoms with E-state index in [1.807, 2.05) is 42.5 Å². The molecule has 4 heterocycles. The van der Waals surface area contributed by atoms with Crippen molar-refractivity contribution in [2.45, 2.75) is 24.0 Å². The highest BCUT2D eigenvalue weighted by molar-refractivity contribution is 7.93. The predicted octanol–water partition coefficient (Wildman–Crippen LogP) is 1.50. The van der Waals surface area contributed by atoms with E-state index in [9.17, 15) is 8.42 Å². The molecule has 2 aromatic rings. The highest BCUT2D eigenvalue weighted by atomic mass is 32.2. The number of fused-ring (bicyclic) bond motifs is 5. The number of para-hydroxylation sites is 1. The number of ether oxygens (including phenoxy) is 1. The van der Waals surface area contributed by atoms with Gasteiger partial charge in [-0.15, -0.1) is 0 Å². The molecule has 0 N–H and O–H groups in total. The molecule has 0 radical (unpaired) electrons. The summed E-state index contributed by atoms with van der Waals surface area (Å²) in [7, 11) is -3.40. The predicted molar refractivity (Wildman–Crippen MR) is 98.2 cm³/mol. The third-order valence-corrected chi connectivity index (χ3v) is 8.03. The molecule has 3 fully saturated rings. The smallest absolute Gasteiger partial charge is 0.241 e. The van der Waals surface area contributed by atoms with Gasteiger partial charge in [0.1, 0.15) is 5.25 Å². The topological polar surface area (TPSA) is 62.7 Å². The number of aromatic nitrogens is 1. The lowest BCUT2D eigenvalue weighted by molar-refractivity contribution is -0.0485. The van der Waals surface area contributed by atoms with Gasteiger partial charge in [-0.05, 0) is 29.8 Å². The molecule has 0 aliphatic carbocycles. The average molecular weight is 371 g/mol. The second-order valence-electron chi connectivity index (χ2n) is 7.30. The number of nitrogens with zero attached hydrogens (tertiary/aromatic N) is 3. The standard InChI is InChI=1S/C19H21N3O3S/c23-26(24)19-16(11-22(26)15-4-2-1-3-5-15)17-12-21(13-18(19)25-17)10-14-6-8-20-9-7-14/h1-9,16-19H,10-13H2/t16-,17+,18+,19-/m0/s1. The molecule has 6 nitrogen and oxygen atoms in total. The van der Waals surface area contributed by atoms with E-state index in [-0.39, 0.29) is 18.1 Å². The summed E-state index contributed by atoms with van der Waals surface area (Å²) in [5.74, 6) is 0.0349. The summed E-state index contributed by atoms with van der Waals surface area (Å²) in [5, 5.41) is -0.435. The van der Waals surface area contributed by atoms with Crippen molar-refractivity contribution in [2.75, 3.05) is 23.9 Å². The van der Waals surface area contributed by atoms with Gasteiger partial charge < -0.3 is 4.74 Å². The maximum atomic E-state index is 13.2. The molecule has 2 bridgehead atoms. The molecule has 136 valence electrons. The van der Waals surface area contributed by atoms with E-state index in [1.54, 1.807) is 16.7 Å². The van der Waals surface area contributed by atoms with E-state index >= 15 is 0 Å². The Balaban J connectivity index is 1.38. The van der Waals surface area contributed by atoms with Crippen molar-refractivity contribution in [2.24, 2.45) is 5.92 Å². The van der Waals surface area contributed by atoms with Crippen LogP contribution in [0.5, 0.6) is 0 Å². The highest BCUT2D eigenvalue weighted by Gasteiger charge is 2.60. The molecule has 26 heavy (non-hydrogen) atoms. The first-order valence-electron chi connectivity index (χ1n) is 8.96. The third kappa shape index (κ3) is 2.53. The van der Waals surface area contributed by atoms with Crippen molar-refractivity contribution >= 4 is 15.7 Å². The van der Waals surface area contributed by atoms with Crippen LogP contribution < -0.4 is 4.31 Å². The van der Waals surface area contributed by atoms with E-state index in [0.717, 1.165) is 18.8 Å². The quantitative estimate of drug-likeness (QED) is 0.818. The maximum Gasteiger partial charge on any atom is 0.241 e. The molecule has 3 aliphatic heterocycles. The largest absolute Gasteiger partial charge is 0.370 e. The molecule has 0 saturated carbocycles. The molecule has 1 aromatic heterocycles. The van der Waals surface area contributed by atoms with Crippen LogP contribution in [-0.2, 0) is 21.3 Å². The van der Waals surface area contributed by atoms with Crippen LogP contribution in [0.1, 0.15) is 5.56 Å². The zero-order chi connectivity index (χ0) is 17.7. The lowest BCUT2D eigenvalue weighted by Crippen LogP contribution is -2.47. The number of likely N-dealkylation sites (tertiary alicyclic amines) is 1. The van der Waals surface area contributed by atoms with Gasteiger partial charge in [0.15, 0.2) is 0 Å². The van der Waals surface area contributed by atoms with Gasteiger partial charge >= 0.3 is 0 Å². The molecule has 0 unspecified atom stereocenters. The molecule has 1 aromatic carbocycles. The van der Waals surface area contributed by atoms with Crippen LogP contribution >= 0.6 is 0 Å². The van der Waals surface area contributed by atoms with Gasteiger partial charge in [0.25, 0.3) is 0 Å². The first-order chi connectivity index (χ1) is 12.6. The molecule has 3 aliphatic rings. The normalized spacial score (nSPS) is 32.5. The summed E-state index contributed by atoms with van der Waals surface area (Å²) >= 11 is 0. The van der Waals surface area contributed by atoms with Crippen molar-refractivity contribution in [3.05, 3.63) is 60.4 Å². The SMILES string of the molecule is O=S1(=O)[C@H]2[C@@H](CN1c1ccccc1)[C@H]1CN(Cc3ccncc3)C[C@H]2O1. The molecular weight excluding hydrogens is 350 g/mol. The van der Waals surface area contributed by atoms with E-state index in [2.05, 4.69) is 9.88 Å². The second kappa shape index (κ2) is 6.04. The number of sulfonamides is 1. The van der Waals surface area contributed by atoms with Gasteiger partial charge in [0, 0.05) is 44.5 Å². The minimum absolute atomic E-state index is 0.0240. The number of pyridine rings is 1. The van der Waals surface area contributed by atoms with Gasteiger partial charge in [0.05, 0.1) is 17.9 Å². The van der Waals surface area contributed by atoms with Crippen molar-refractivity contribution in [3.63, 3.8) is 0 Å². The maximum absolute atomic E-state index is 13.2. The van der Waals surface area contributed by atoms with Gasteiger partial charge in [-0.25, -0.2) is 8.42 Å². The average Bonchev–Trinajstić information content (AvgIpc) is 3.08. The summed E-state index contributed by atoms with van der Waals surface area (Å²) in [6, 6.07) is 13.4. The summed E-state index contributed by atoms with van der Waals surface area (Å²) in [6.45, 7) is 2.75. The minimum atomic E-state index is -3.40. The lowest BCUT2D eigenvalue weighted by Gasteiger charge is -2.34. The molecule has 5 rings (SSSR count). The molecule has 3 saturated heterocycles. The number of rotatable bonds is 3. The van der Waals surface area contributed by atoms with Crippen LogP contribution in [0.15, 0.2) is 54.9 Å². The molecular formula is C19H21N3O3S. The van der Waals surface area contributed by atoms with E-state index in [0.29, 0.717) is 13.1 Å². The monoisotopic (exact) mass is 371 g/mol. The summed E-state index contributed by atoms with van der Waals surface area (Å²) in [5.41, 5.74) is 1.95. The van der Waals surface area contributed by atoms with Crippen LogP contribution in [0.2, 0.25) is 0 Å². The fourth-order valence-electron chi connectivity index (χ4n) is 4.60. The third-order valence-electron chi connectivity index (χ3n) is 5.72. The second-order valence-corrected chi connectivity index (χ2v) is 9.32. The van der Waals surface area contributed by atoms with Gasteiger partial charge in [0.2, 0.25) is 10.0 Å². The van der Waals surface area contributed by atoms with Crippen LogP contribution in [0.25, 0.3) is 0 Å². The Hall–Kier alpha value is -1.96. The van der Waals surface area contributed by atoms with Gasteiger partial charge in [-0.2, -0.15) is 0 Å². The van der Waals surface area contributed by atoms with E-state index < -0.39 is 15.3 Å². The molecule has 0 amide bonds. The van der Waals surface area contributed by atoms with Crippen molar-refractivity contribution in [3.8, 4) is 0 Å². The zero-order valence-electron chi connectivity index (χ0n) is 14.3. The Kier molecular flexibility index (Phi) is 3.77. The molecule has 4 atom stereocenters. The fraction of sp³-hybridized carbons (Fsp3) is 0.421. The van der Waals surface area contributed by atoms with Crippen LogP contribution in [0, 0.1) is 5.92 Å². The number of hydrogen-bond donors (Lipinski definition) is 0. The van der Waals surface area contributed by atoms with Crippen LogP contribution in [0.3, 0.4) is 0 Å². The number of morpholine rings is 1. The Morgan fingerprint density at radius 2 is 1.73 bits per heavy atom. The highest BCUT2D eigenvalue weighted by Crippen LogP contribution is 2.44. The molecule has 0 spiro atoms. The first kappa shape index (κ1) is 16.2. The summed E-state index contributed by atoms with van der Waals surface area (Å²) < 4.78 is 34.1. The van der Waals surface area contributed by atoms with E-state index in [4.69, 9.17) is 4.74 Å². The number of hydrogen-bond acceptors (Lipinski definition) is 5. The summed E-state index contributed by atoms with van der Waals surface area (Å²) in [4.78, 5) is 6.37. The Labute approximate surface area is 153 Å². The summed E-state index contributed by atoms with van der Waals surface area (Å²) in [6.07, 6.45) is 3.31. The Morgan fingerprint density at radius 3 is 2.50 bits per heavy atom. The van der Waals surface area contributed by atoms with E-state index in [1.165, 1.54) is 5.56 Å². The van der Waals surface area contributed by atoms with Crippen molar-refractivity contribution in [1.82, 2.24) is 9.88 Å². The van der Waals surface area contributed by atoms with Crippen molar-refractivity contribution < 1.29 is 13.2 Å². The Bertz CT molecular complexity index is 891. The number of benzene rings is 1. The number of anilines is 1. The van der Waals surface area contributed by atoms with Crippen LogP contribution in [0.4, 0.5) is 5.69 Å².